The van der Waals surface area contributed by atoms with E-state index in [0.29, 0.717) is 18.5 Å². The smallest absolute Gasteiger partial charge is 0.426 e. The van der Waals surface area contributed by atoms with Gasteiger partial charge in [0.1, 0.15) is 0 Å². The van der Waals surface area contributed by atoms with Crippen molar-refractivity contribution >= 4 is 23.8 Å². The van der Waals surface area contributed by atoms with Crippen LogP contribution in [0, 0.1) is 0 Å². The Morgan fingerprint density at radius 1 is 1.10 bits per heavy atom. The topological polar surface area (TPSA) is 113 Å². The van der Waals surface area contributed by atoms with E-state index in [0.717, 1.165) is 22.0 Å². The minimum absolute atomic E-state index is 0.159. The maximum Gasteiger partial charge on any atom is 0.475 e. The van der Waals surface area contributed by atoms with E-state index in [1.54, 1.807) is 29.3 Å². The van der Waals surface area contributed by atoms with Gasteiger partial charge in [-0.1, -0.05) is 47.7 Å². The maximum atomic E-state index is 12.4. The van der Waals surface area contributed by atoms with Crippen LogP contribution in [0.3, 0.4) is 0 Å². The first-order valence-corrected chi connectivity index (χ1v) is 10.0. The van der Waals surface area contributed by atoms with Gasteiger partial charge in [-0.3, -0.25) is 9.78 Å². The molecule has 2 aromatic heterocycles. The van der Waals surface area contributed by atoms with Gasteiger partial charge in [0, 0.05) is 19.0 Å². The molecule has 4 rings (SSSR count). The Bertz CT molecular complexity index is 1170. The lowest BCUT2D eigenvalue weighted by atomic mass is 9.75. The normalized spacial score (nSPS) is 11.9. The first-order valence-electron chi connectivity index (χ1n) is 10.0. The molecule has 156 valence electrons. The average Bonchev–Trinajstić information content (AvgIpc) is 3.27. The number of hydrogen-bond donors (Lipinski definition) is 3. The fourth-order valence-electron chi connectivity index (χ4n) is 3.40. The minimum atomic E-state index is -1.66. The van der Waals surface area contributed by atoms with Crippen LogP contribution in [0.1, 0.15) is 17.7 Å². The van der Waals surface area contributed by atoms with Crippen LogP contribution in [0.4, 0.5) is 0 Å². The van der Waals surface area contributed by atoms with Gasteiger partial charge in [-0.15, -0.1) is 5.10 Å². The number of nitrogens with one attached hydrogen (secondary N) is 1. The quantitative estimate of drug-likeness (QED) is 0.376. The van der Waals surface area contributed by atoms with Gasteiger partial charge in [-0.2, -0.15) is 0 Å². The highest BCUT2D eigenvalue weighted by Crippen LogP contribution is 2.17. The lowest BCUT2D eigenvalue weighted by Crippen LogP contribution is -2.48. The van der Waals surface area contributed by atoms with E-state index >= 15 is 0 Å². The predicted octanol–water partition coefficient (Wildman–Crippen LogP) is 1.49. The summed E-state index contributed by atoms with van der Waals surface area (Å²) in [4.78, 5) is 16.5. The van der Waals surface area contributed by atoms with Gasteiger partial charge in [0.2, 0.25) is 5.91 Å². The molecule has 0 radical (unpaired) electrons. The fourth-order valence-corrected chi connectivity index (χ4v) is 3.40. The summed E-state index contributed by atoms with van der Waals surface area (Å²) in [5, 5.41) is 32.5. The van der Waals surface area contributed by atoms with Gasteiger partial charge in [0.05, 0.1) is 29.7 Å². The third kappa shape index (κ3) is 5.33. The first-order chi connectivity index (χ1) is 15.1. The van der Waals surface area contributed by atoms with Gasteiger partial charge in [0.15, 0.2) is 0 Å². The first kappa shape index (κ1) is 20.7. The zero-order valence-electron chi connectivity index (χ0n) is 16.8. The monoisotopic (exact) mass is 415 g/mol. The number of carbonyl (C=O) groups is 1. The second-order valence-electron chi connectivity index (χ2n) is 7.34. The Balaban J connectivity index is 1.35. The zero-order chi connectivity index (χ0) is 21.6. The van der Waals surface area contributed by atoms with E-state index in [1.807, 2.05) is 48.5 Å². The molecule has 2 aromatic carbocycles. The van der Waals surface area contributed by atoms with E-state index < -0.39 is 13.1 Å². The number of aromatic nitrogens is 4. The second-order valence-corrected chi connectivity index (χ2v) is 7.34. The van der Waals surface area contributed by atoms with Crippen molar-refractivity contribution in [1.29, 1.82) is 0 Å². The van der Waals surface area contributed by atoms with E-state index in [-0.39, 0.29) is 12.3 Å². The van der Waals surface area contributed by atoms with Crippen molar-refractivity contribution in [2.24, 2.45) is 0 Å². The highest BCUT2D eigenvalue weighted by molar-refractivity contribution is 6.43. The summed E-state index contributed by atoms with van der Waals surface area (Å²) in [5.74, 6) is -1.09. The van der Waals surface area contributed by atoms with Crippen LogP contribution in [-0.4, -0.2) is 49.0 Å². The second kappa shape index (κ2) is 9.50. The average molecular weight is 415 g/mol. The van der Waals surface area contributed by atoms with Crippen molar-refractivity contribution in [3.05, 3.63) is 84.4 Å². The predicted molar refractivity (Wildman–Crippen MR) is 117 cm³/mol. The van der Waals surface area contributed by atoms with Crippen molar-refractivity contribution < 1.29 is 14.8 Å². The standard InChI is InChI=1S/C22H22BN5O3/c29-22(10-9-19-15-28(27-26-19)20-6-3-11-24-14-20)25-21(23(30)31)13-16-7-8-17-4-1-2-5-18(17)12-16/h1-8,11-12,14-15,21,30-31H,9-10,13H2,(H,25,29)/t21-/m0/s1. The van der Waals surface area contributed by atoms with Crippen molar-refractivity contribution in [3.63, 3.8) is 0 Å². The number of pyridine rings is 1. The molecule has 0 unspecified atom stereocenters. The molecule has 0 spiro atoms. The minimum Gasteiger partial charge on any atom is -0.426 e. The van der Waals surface area contributed by atoms with Gasteiger partial charge in [-0.05, 0) is 34.9 Å². The summed E-state index contributed by atoms with van der Waals surface area (Å²) >= 11 is 0. The summed E-state index contributed by atoms with van der Waals surface area (Å²) in [6.45, 7) is 0. The molecule has 0 aliphatic rings. The molecule has 2 heterocycles. The molecule has 1 amide bonds. The Labute approximate surface area is 179 Å². The molecular weight excluding hydrogens is 393 g/mol. The molecule has 9 heteroatoms. The molecule has 1 atom stereocenters. The zero-order valence-corrected chi connectivity index (χ0v) is 16.8. The van der Waals surface area contributed by atoms with Gasteiger partial charge < -0.3 is 15.4 Å². The molecule has 8 nitrogen and oxygen atoms in total. The molecule has 31 heavy (non-hydrogen) atoms. The van der Waals surface area contributed by atoms with Crippen LogP contribution in [0.2, 0.25) is 0 Å². The number of rotatable bonds is 8. The van der Waals surface area contributed by atoms with Crippen molar-refractivity contribution in [1.82, 2.24) is 25.3 Å². The van der Waals surface area contributed by atoms with Crippen molar-refractivity contribution in [2.45, 2.75) is 25.2 Å². The summed E-state index contributed by atoms with van der Waals surface area (Å²) < 4.78 is 1.60. The molecular formula is C22H22BN5O3. The Hall–Kier alpha value is -3.56. The molecule has 0 saturated heterocycles. The number of nitrogens with zero attached hydrogens (tertiary/aromatic N) is 4. The Kier molecular flexibility index (Phi) is 6.35. The highest BCUT2D eigenvalue weighted by atomic mass is 16.4. The molecule has 0 fully saturated rings. The van der Waals surface area contributed by atoms with Gasteiger partial charge >= 0.3 is 7.12 Å². The van der Waals surface area contributed by atoms with Crippen molar-refractivity contribution in [3.8, 4) is 5.69 Å². The maximum absolute atomic E-state index is 12.4. The van der Waals surface area contributed by atoms with E-state index in [1.165, 1.54) is 0 Å². The lowest BCUT2D eigenvalue weighted by molar-refractivity contribution is -0.121. The third-order valence-corrected chi connectivity index (χ3v) is 5.04. The number of aryl methyl sites for hydroxylation is 1. The van der Waals surface area contributed by atoms with E-state index in [9.17, 15) is 14.8 Å². The molecule has 0 aliphatic heterocycles. The molecule has 0 saturated carbocycles. The Morgan fingerprint density at radius 2 is 1.94 bits per heavy atom. The molecule has 0 aliphatic carbocycles. The molecule has 4 aromatic rings. The number of amides is 1. The SMILES string of the molecule is O=C(CCc1cn(-c2cccnc2)nn1)N[C@@H](Cc1ccc2ccccc2c1)B(O)O. The van der Waals surface area contributed by atoms with Crippen LogP contribution < -0.4 is 5.32 Å². The van der Waals surface area contributed by atoms with E-state index in [2.05, 4.69) is 20.6 Å². The number of fused-ring (bicyclic) bond motifs is 1. The number of carbonyl (C=O) groups excluding carboxylic acids is 1. The molecule has 3 N–H and O–H groups in total. The van der Waals surface area contributed by atoms with Crippen LogP contribution in [0.15, 0.2) is 73.2 Å². The number of hydrogen-bond acceptors (Lipinski definition) is 6. The molecule has 0 bridgehead atoms. The van der Waals surface area contributed by atoms with Gasteiger partial charge in [0.25, 0.3) is 0 Å². The van der Waals surface area contributed by atoms with Crippen molar-refractivity contribution in [2.75, 3.05) is 0 Å². The number of benzene rings is 2. The fraction of sp³-hybridized carbons (Fsp3) is 0.182. The highest BCUT2D eigenvalue weighted by Gasteiger charge is 2.25. The summed E-state index contributed by atoms with van der Waals surface area (Å²) in [6, 6.07) is 17.5. The summed E-state index contributed by atoms with van der Waals surface area (Å²) in [6.07, 6.45) is 5.95. The van der Waals surface area contributed by atoms with Crippen LogP contribution in [-0.2, 0) is 17.6 Å². The summed E-state index contributed by atoms with van der Waals surface area (Å²) in [5.41, 5.74) is 2.36. The van der Waals surface area contributed by atoms with Crippen LogP contribution in [0.25, 0.3) is 16.5 Å². The summed E-state index contributed by atoms with van der Waals surface area (Å²) in [7, 11) is -1.66. The Morgan fingerprint density at radius 3 is 2.71 bits per heavy atom. The van der Waals surface area contributed by atoms with E-state index in [4.69, 9.17) is 0 Å². The van der Waals surface area contributed by atoms with Crippen LogP contribution in [0.5, 0.6) is 0 Å². The third-order valence-electron chi connectivity index (χ3n) is 5.04. The van der Waals surface area contributed by atoms with Crippen LogP contribution >= 0.6 is 0 Å². The van der Waals surface area contributed by atoms with Gasteiger partial charge in [-0.25, -0.2) is 4.68 Å². The largest absolute Gasteiger partial charge is 0.475 e. The lowest BCUT2D eigenvalue weighted by Gasteiger charge is -2.18.